The molecule has 262 valence electrons. The lowest BCUT2D eigenvalue weighted by molar-refractivity contribution is -0.156. The first-order valence-corrected chi connectivity index (χ1v) is 17.7. The fraction of sp³-hybridized carbons (Fsp3) is 0.529. The summed E-state index contributed by atoms with van der Waals surface area (Å²) < 4.78 is 21.7. The Balaban J connectivity index is 1.56. The lowest BCUT2D eigenvalue weighted by atomic mass is 9.50. The molecule has 0 bridgehead atoms. The number of hydrogen-bond donors (Lipinski definition) is 0. The maximum Gasteiger partial charge on any atom is 0.423 e. The minimum Gasteiger partial charge on any atom is -0.461 e. The molecule has 48 heavy (non-hydrogen) atoms. The van der Waals surface area contributed by atoms with Crippen molar-refractivity contribution in [2.45, 2.75) is 80.1 Å². The normalized spacial score (nSPS) is 26.2. The molecule has 0 spiro atoms. The van der Waals surface area contributed by atoms with Gasteiger partial charge in [0.2, 0.25) is 0 Å². The Morgan fingerprint density at radius 1 is 0.562 bits per heavy atom. The first-order chi connectivity index (χ1) is 22.3. The van der Waals surface area contributed by atoms with Crippen LogP contribution in [0.5, 0.6) is 11.5 Å². The third-order valence-corrected chi connectivity index (χ3v) is 13.3. The van der Waals surface area contributed by atoms with Crippen LogP contribution < -0.4 is 9.47 Å². The van der Waals surface area contributed by atoms with Crippen molar-refractivity contribution in [3.63, 3.8) is 0 Å². The standard InChI is InChI=1S/C34H36Cl6O8/c1-7-31(3)9-11-33(31,5)15-45-27(41)21-23(39)17(35)13-19(37)25(21)47-29(43)30(44)48-26-20(38)14-18(36)24(40)22(26)28(42)46-16-34(6)12-10-32(34,4)8-2/h13-14H,7-12,15-16H2,1-6H3. The highest BCUT2D eigenvalue weighted by Crippen LogP contribution is 2.59. The quantitative estimate of drug-likeness (QED) is 0.101. The van der Waals surface area contributed by atoms with Gasteiger partial charge in [-0.2, -0.15) is 0 Å². The van der Waals surface area contributed by atoms with E-state index in [1.54, 1.807) is 0 Å². The van der Waals surface area contributed by atoms with Gasteiger partial charge in [0, 0.05) is 10.8 Å². The van der Waals surface area contributed by atoms with E-state index in [4.69, 9.17) is 88.6 Å². The summed E-state index contributed by atoms with van der Waals surface area (Å²) in [6.07, 6.45) is 5.41. The molecule has 0 N–H and O–H groups in total. The summed E-state index contributed by atoms with van der Waals surface area (Å²) in [5.41, 5.74) is -1.59. The van der Waals surface area contributed by atoms with Gasteiger partial charge in [-0.3, -0.25) is 0 Å². The number of esters is 4. The third-order valence-electron chi connectivity index (χ3n) is 11.2. The molecule has 2 aromatic rings. The van der Waals surface area contributed by atoms with Crippen molar-refractivity contribution in [2.24, 2.45) is 21.7 Å². The Bertz CT molecular complexity index is 1550. The summed E-state index contributed by atoms with van der Waals surface area (Å²) in [7, 11) is 0. The molecule has 4 atom stereocenters. The number of ether oxygens (including phenoxy) is 4. The van der Waals surface area contributed by atoms with E-state index < -0.39 is 46.5 Å². The van der Waals surface area contributed by atoms with Crippen molar-refractivity contribution in [2.75, 3.05) is 13.2 Å². The number of rotatable bonds is 10. The fourth-order valence-electron chi connectivity index (χ4n) is 6.24. The van der Waals surface area contributed by atoms with Crippen LogP contribution in [0.4, 0.5) is 0 Å². The zero-order valence-corrected chi connectivity index (χ0v) is 31.9. The largest absolute Gasteiger partial charge is 0.461 e. The zero-order chi connectivity index (χ0) is 36.0. The van der Waals surface area contributed by atoms with E-state index in [1.165, 1.54) is 0 Å². The molecule has 0 aromatic heterocycles. The summed E-state index contributed by atoms with van der Waals surface area (Å²) in [5.74, 6) is -6.38. The van der Waals surface area contributed by atoms with E-state index >= 15 is 0 Å². The third kappa shape index (κ3) is 7.00. The molecule has 0 heterocycles. The van der Waals surface area contributed by atoms with Gasteiger partial charge < -0.3 is 18.9 Å². The topological polar surface area (TPSA) is 105 Å². The average molecular weight is 785 g/mol. The van der Waals surface area contributed by atoms with Crippen molar-refractivity contribution in [3.8, 4) is 11.5 Å². The van der Waals surface area contributed by atoms with Crippen LogP contribution in [0.3, 0.4) is 0 Å². The highest BCUT2D eigenvalue weighted by atomic mass is 35.5. The van der Waals surface area contributed by atoms with Gasteiger partial charge in [-0.15, -0.1) is 0 Å². The van der Waals surface area contributed by atoms with Crippen molar-refractivity contribution in [1.29, 1.82) is 0 Å². The van der Waals surface area contributed by atoms with Gasteiger partial charge in [0.05, 0.1) is 43.3 Å². The average Bonchev–Trinajstić information content (AvgIpc) is 3.05. The summed E-state index contributed by atoms with van der Waals surface area (Å²) in [6.45, 7) is 12.5. The molecule has 14 heteroatoms. The summed E-state index contributed by atoms with van der Waals surface area (Å²) >= 11 is 37.7. The Labute approximate surface area is 309 Å². The van der Waals surface area contributed by atoms with Gasteiger partial charge >= 0.3 is 23.9 Å². The van der Waals surface area contributed by atoms with Gasteiger partial charge in [-0.05, 0) is 48.6 Å². The molecule has 0 aliphatic heterocycles. The SMILES string of the molecule is CCC1(C)CCC1(C)COC(=O)c1c(Cl)c(Cl)cc(Cl)c1OC(=O)C(=O)Oc1c(Cl)cc(Cl)c(Cl)c1C(=O)OCC1(C)CCC1(C)CC. The van der Waals surface area contributed by atoms with E-state index in [9.17, 15) is 19.2 Å². The van der Waals surface area contributed by atoms with E-state index in [0.29, 0.717) is 0 Å². The van der Waals surface area contributed by atoms with Crippen LogP contribution in [-0.4, -0.2) is 37.1 Å². The number of halogens is 6. The number of benzene rings is 2. The Morgan fingerprint density at radius 3 is 1.15 bits per heavy atom. The van der Waals surface area contributed by atoms with Crippen molar-refractivity contribution in [1.82, 2.24) is 0 Å². The minimum atomic E-state index is -1.64. The molecular weight excluding hydrogens is 749 g/mol. The Kier molecular flexibility index (Phi) is 11.6. The van der Waals surface area contributed by atoms with Gasteiger partial charge in [0.25, 0.3) is 0 Å². The van der Waals surface area contributed by atoms with E-state index in [1.807, 2.05) is 13.8 Å². The van der Waals surface area contributed by atoms with E-state index in [-0.39, 0.29) is 65.0 Å². The minimum absolute atomic E-state index is 0.0372. The molecule has 2 aliphatic carbocycles. The second-order valence-electron chi connectivity index (χ2n) is 13.6. The molecule has 8 nitrogen and oxygen atoms in total. The monoisotopic (exact) mass is 782 g/mol. The molecule has 2 aromatic carbocycles. The number of hydrogen-bond acceptors (Lipinski definition) is 8. The zero-order valence-electron chi connectivity index (χ0n) is 27.3. The molecule has 0 radical (unpaired) electrons. The molecular formula is C34H36Cl6O8. The van der Waals surface area contributed by atoms with Gasteiger partial charge in [0.15, 0.2) is 11.5 Å². The molecule has 4 unspecified atom stereocenters. The van der Waals surface area contributed by atoms with Crippen LogP contribution in [0.25, 0.3) is 0 Å². The van der Waals surface area contributed by atoms with Crippen LogP contribution in [0.2, 0.25) is 30.1 Å². The fourth-order valence-corrected chi connectivity index (χ4v) is 7.68. The smallest absolute Gasteiger partial charge is 0.423 e. The van der Waals surface area contributed by atoms with Crippen LogP contribution in [0, 0.1) is 21.7 Å². The molecule has 0 saturated heterocycles. The predicted molar refractivity (Wildman–Crippen MR) is 186 cm³/mol. The van der Waals surface area contributed by atoms with Crippen LogP contribution in [0.15, 0.2) is 12.1 Å². The summed E-state index contributed by atoms with van der Waals surface area (Å²) in [6, 6.07) is 2.27. The Morgan fingerprint density at radius 2 is 0.875 bits per heavy atom. The van der Waals surface area contributed by atoms with E-state index in [2.05, 4.69) is 27.7 Å². The summed E-state index contributed by atoms with van der Waals surface area (Å²) in [5, 5.41) is -1.49. The van der Waals surface area contributed by atoms with Crippen LogP contribution >= 0.6 is 69.6 Å². The molecule has 2 saturated carbocycles. The van der Waals surface area contributed by atoms with Gasteiger partial charge in [-0.25, -0.2) is 19.2 Å². The molecule has 2 fully saturated rings. The molecule has 4 rings (SSSR count). The first-order valence-electron chi connectivity index (χ1n) is 15.4. The van der Waals surface area contributed by atoms with Gasteiger partial charge in [0.1, 0.15) is 11.1 Å². The van der Waals surface area contributed by atoms with Gasteiger partial charge in [-0.1, -0.05) is 124 Å². The second-order valence-corrected chi connectivity index (χ2v) is 16.0. The predicted octanol–water partition coefficient (Wildman–Crippen LogP) is 10.9. The van der Waals surface area contributed by atoms with E-state index in [0.717, 1.165) is 50.7 Å². The number of carbonyl (C=O) groups is 4. The van der Waals surface area contributed by atoms with Crippen molar-refractivity contribution >= 4 is 93.5 Å². The van der Waals surface area contributed by atoms with Crippen molar-refractivity contribution < 1.29 is 38.1 Å². The maximum atomic E-state index is 13.3. The highest BCUT2D eigenvalue weighted by Gasteiger charge is 2.53. The second kappa shape index (κ2) is 14.4. The van der Waals surface area contributed by atoms with Crippen LogP contribution in [-0.2, 0) is 19.1 Å². The first kappa shape index (κ1) is 38.9. The maximum absolute atomic E-state index is 13.3. The molecule has 0 amide bonds. The lowest BCUT2D eigenvalue weighted by Gasteiger charge is -2.55. The highest BCUT2D eigenvalue weighted by molar-refractivity contribution is 6.47. The van der Waals surface area contributed by atoms with Crippen molar-refractivity contribution in [3.05, 3.63) is 53.4 Å². The molecule has 2 aliphatic rings. The summed E-state index contributed by atoms with van der Waals surface area (Å²) in [4.78, 5) is 52.9. The lowest BCUT2D eigenvalue weighted by Crippen LogP contribution is -2.50. The van der Waals surface area contributed by atoms with Crippen LogP contribution in [0.1, 0.15) is 101 Å². The Hall–Kier alpha value is -1.94. The number of carbonyl (C=O) groups excluding carboxylic acids is 4.